The van der Waals surface area contributed by atoms with E-state index in [0.717, 1.165) is 0 Å². The lowest BCUT2D eigenvalue weighted by molar-refractivity contribution is -0.207. The van der Waals surface area contributed by atoms with Crippen LogP contribution in [-0.2, 0) is 28.2 Å². The number of aliphatic hydroxyl groups is 1. The molecule has 1 unspecified atom stereocenters. The second kappa shape index (κ2) is 9.79. The van der Waals surface area contributed by atoms with Gasteiger partial charge in [0.1, 0.15) is 30.7 Å². The number of carbonyl (C=O) groups is 1. The molecule has 2 bridgehead atoms. The first-order chi connectivity index (χ1) is 17.6. The van der Waals surface area contributed by atoms with E-state index in [4.69, 9.17) is 18.8 Å². The number of carbonyl (C=O) groups excluding carboxylic acids is 1. The van der Waals surface area contributed by atoms with Gasteiger partial charge in [-0.05, 0) is 12.5 Å². The van der Waals surface area contributed by atoms with Gasteiger partial charge in [0.05, 0.1) is 20.0 Å². The summed E-state index contributed by atoms with van der Waals surface area (Å²) < 4.78 is 30.6. The molecule has 2 saturated heterocycles. The van der Waals surface area contributed by atoms with Gasteiger partial charge in [-0.2, -0.15) is 5.48 Å². The molecule has 0 aliphatic carbocycles. The number of phosphoric acid groups is 1. The van der Waals surface area contributed by atoms with Crippen molar-refractivity contribution in [1.82, 2.24) is 25.0 Å². The Morgan fingerprint density at radius 2 is 2.03 bits per heavy atom. The Labute approximate surface area is 209 Å². The average Bonchev–Trinajstić information content (AvgIpc) is 3.53. The van der Waals surface area contributed by atoms with Gasteiger partial charge in [0.15, 0.2) is 28.8 Å². The zero-order valence-corrected chi connectivity index (χ0v) is 20.6. The van der Waals surface area contributed by atoms with E-state index < -0.39 is 49.9 Å². The fourth-order valence-electron chi connectivity index (χ4n) is 4.60. The lowest BCUT2D eigenvalue weighted by atomic mass is 9.88. The van der Waals surface area contributed by atoms with Crippen molar-refractivity contribution in [3.05, 3.63) is 48.5 Å². The number of nitrogens with zero attached hydrogens (tertiary/aromatic N) is 4. The number of hydroxylamine groups is 1. The molecule has 1 amide bonds. The Bertz CT molecular complexity index is 1340. The van der Waals surface area contributed by atoms with E-state index in [2.05, 4.69) is 25.7 Å². The summed E-state index contributed by atoms with van der Waals surface area (Å²) in [6.07, 6.45) is -1.95. The molecular weight excluding hydrogens is 511 g/mol. The minimum absolute atomic E-state index is 0.143. The van der Waals surface area contributed by atoms with Gasteiger partial charge in [-0.1, -0.05) is 30.3 Å². The van der Waals surface area contributed by atoms with Crippen LogP contribution in [0.5, 0.6) is 0 Å². The molecule has 6 atom stereocenters. The highest BCUT2D eigenvalue weighted by molar-refractivity contribution is 7.46. The van der Waals surface area contributed by atoms with Gasteiger partial charge in [0.2, 0.25) is 5.91 Å². The van der Waals surface area contributed by atoms with E-state index >= 15 is 0 Å². The monoisotopic (exact) mass is 536 g/mol. The van der Waals surface area contributed by atoms with Crippen molar-refractivity contribution < 1.29 is 43.1 Å². The predicted molar refractivity (Wildman–Crippen MR) is 124 cm³/mol. The summed E-state index contributed by atoms with van der Waals surface area (Å²) >= 11 is 0. The third-order valence-electron chi connectivity index (χ3n) is 6.29. The molecule has 0 radical (unpaired) electrons. The van der Waals surface area contributed by atoms with Crippen LogP contribution >= 0.6 is 7.82 Å². The highest BCUT2D eigenvalue weighted by Crippen LogP contribution is 2.56. The number of amides is 1. The van der Waals surface area contributed by atoms with Gasteiger partial charge in [-0.15, -0.1) is 0 Å². The van der Waals surface area contributed by atoms with Gasteiger partial charge < -0.3 is 34.5 Å². The van der Waals surface area contributed by atoms with Crippen LogP contribution in [0.15, 0.2) is 43.0 Å². The van der Waals surface area contributed by atoms with Crippen LogP contribution in [0, 0.1) is 0 Å². The molecule has 37 heavy (non-hydrogen) atoms. The molecular formula is C21H25N6O9P. The summed E-state index contributed by atoms with van der Waals surface area (Å²) in [4.78, 5) is 49.1. The Morgan fingerprint density at radius 3 is 2.73 bits per heavy atom. The third kappa shape index (κ3) is 4.65. The van der Waals surface area contributed by atoms with Crippen molar-refractivity contribution in [3.63, 3.8) is 0 Å². The molecule has 2 aromatic heterocycles. The van der Waals surface area contributed by atoms with Crippen LogP contribution in [0.2, 0.25) is 0 Å². The minimum atomic E-state index is -5.00. The number of aliphatic hydroxyl groups excluding tert-OH is 1. The molecule has 15 nitrogen and oxygen atoms in total. The van der Waals surface area contributed by atoms with E-state index in [-0.39, 0.29) is 23.6 Å². The number of hydrogen-bond acceptors (Lipinski definition) is 11. The summed E-state index contributed by atoms with van der Waals surface area (Å²) in [5.41, 5.74) is 1.79. The number of aromatic nitrogens is 4. The zero-order valence-electron chi connectivity index (χ0n) is 19.7. The second-order valence-corrected chi connectivity index (χ2v) is 9.84. The maximum Gasteiger partial charge on any atom is 0.470 e. The van der Waals surface area contributed by atoms with Crippen molar-refractivity contribution in [1.29, 1.82) is 0 Å². The van der Waals surface area contributed by atoms with Crippen LogP contribution in [0.3, 0.4) is 0 Å². The van der Waals surface area contributed by atoms with Gasteiger partial charge in [0.25, 0.3) is 0 Å². The molecule has 3 aromatic rings. The summed E-state index contributed by atoms with van der Waals surface area (Å²) in [6, 6.07) is 7.62. The Kier molecular flexibility index (Phi) is 6.83. The van der Waals surface area contributed by atoms with E-state index in [0.29, 0.717) is 5.56 Å². The first kappa shape index (κ1) is 25.8. The fraction of sp³-hybridized carbons (Fsp3) is 0.429. The van der Waals surface area contributed by atoms with Crippen molar-refractivity contribution >= 4 is 30.7 Å². The first-order valence-electron chi connectivity index (χ1n) is 11.2. The van der Waals surface area contributed by atoms with Crippen molar-refractivity contribution in [3.8, 4) is 0 Å². The van der Waals surface area contributed by atoms with Gasteiger partial charge in [0, 0.05) is 0 Å². The predicted octanol–water partition coefficient (Wildman–Crippen LogP) is 0.182. The zero-order chi connectivity index (χ0) is 26.4. The number of hydrogen-bond donors (Lipinski definition) is 5. The highest BCUT2D eigenvalue weighted by Gasteiger charge is 2.66. The molecule has 4 heterocycles. The molecule has 5 rings (SSSR count). The number of phosphoric ester groups is 1. The number of benzene rings is 1. The molecule has 0 spiro atoms. The molecule has 5 N–H and O–H groups in total. The standard InChI is InChI=1S/C21H25N6O9P/c1-11(26-33-2)19(29)25-17-13-18(23-9-22-17)27(10-24-13)20-14-15(28)21(35-20,8-34-14)16(36-37(30,31)32)12-6-4-3-5-7-12/h3-7,9-11,14-16,20,26,28H,8H2,1-2H3,(H2,30,31,32)(H,22,23,25,29)/t11-,14+,15-,16?,20+,21+/m0/s1. The number of ether oxygens (including phenoxy) is 2. The highest BCUT2D eigenvalue weighted by atomic mass is 31.2. The van der Waals surface area contributed by atoms with Gasteiger partial charge in [-0.25, -0.2) is 19.5 Å². The van der Waals surface area contributed by atoms with Crippen LogP contribution in [0.1, 0.15) is 24.8 Å². The largest absolute Gasteiger partial charge is 0.470 e. The number of nitrogens with one attached hydrogen (secondary N) is 2. The molecule has 1 aromatic carbocycles. The summed E-state index contributed by atoms with van der Waals surface area (Å²) in [5, 5.41) is 13.9. The quantitative estimate of drug-likeness (QED) is 0.183. The minimum Gasteiger partial charge on any atom is -0.387 e. The lowest BCUT2D eigenvalue weighted by Crippen LogP contribution is -2.47. The SMILES string of the molecule is CON[C@@H](C)C(=O)Nc1ncnc2c1ncn2[C@@H]1O[C@]2(C(OP(=O)(O)O)c3ccccc3)CO[C@@H]1[C@@H]2O. The summed E-state index contributed by atoms with van der Waals surface area (Å²) in [7, 11) is -3.61. The Hall–Kier alpha value is -2.85. The van der Waals surface area contributed by atoms with Gasteiger partial charge in [-0.3, -0.25) is 13.9 Å². The summed E-state index contributed by atoms with van der Waals surface area (Å²) in [5.74, 6) is -0.282. The summed E-state index contributed by atoms with van der Waals surface area (Å²) in [6.45, 7) is 1.42. The molecule has 198 valence electrons. The number of fused-ring (bicyclic) bond motifs is 3. The molecule has 0 saturated carbocycles. The third-order valence-corrected chi connectivity index (χ3v) is 6.77. The van der Waals surface area contributed by atoms with Crippen LogP contribution in [0.25, 0.3) is 11.2 Å². The van der Waals surface area contributed by atoms with Crippen LogP contribution in [-0.4, -0.2) is 77.9 Å². The van der Waals surface area contributed by atoms with Crippen molar-refractivity contribution in [2.45, 2.75) is 43.1 Å². The normalized spacial score (nSPS) is 26.9. The lowest BCUT2D eigenvalue weighted by Gasteiger charge is -2.37. The maximum absolute atomic E-state index is 12.4. The molecule has 2 aliphatic heterocycles. The van der Waals surface area contributed by atoms with E-state index in [1.54, 1.807) is 37.3 Å². The number of anilines is 1. The number of imidazole rings is 1. The molecule has 2 aliphatic rings. The van der Waals surface area contributed by atoms with E-state index in [1.807, 2.05) is 0 Å². The first-order valence-corrected chi connectivity index (χ1v) is 12.7. The van der Waals surface area contributed by atoms with Gasteiger partial charge >= 0.3 is 7.82 Å². The average molecular weight is 536 g/mol. The smallest absolute Gasteiger partial charge is 0.387 e. The van der Waals surface area contributed by atoms with Crippen molar-refractivity contribution in [2.75, 3.05) is 19.0 Å². The Morgan fingerprint density at radius 1 is 1.27 bits per heavy atom. The topological polar surface area (TPSA) is 199 Å². The fourth-order valence-corrected chi connectivity index (χ4v) is 5.18. The van der Waals surface area contributed by atoms with E-state index in [9.17, 15) is 24.3 Å². The number of rotatable bonds is 9. The Balaban J connectivity index is 1.48. The molecule has 16 heteroatoms. The van der Waals surface area contributed by atoms with E-state index in [1.165, 1.54) is 24.3 Å². The van der Waals surface area contributed by atoms with Crippen molar-refractivity contribution in [2.24, 2.45) is 0 Å². The van der Waals surface area contributed by atoms with Crippen LogP contribution < -0.4 is 10.8 Å². The maximum atomic E-state index is 12.4. The van der Waals surface area contributed by atoms with Crippen LogP contribution in [0.4, 0.5) is 5.82 Å². The second-order valence-electron chi connectivity index (χ2n) is 8.65. The molecule has 2 fully saturated rings.